The van der Waals surface area contributed by atoms with E-state index in [1.807, 2.05) is 0 Å². The summed E-state index contributed by atoms with van der Waals surface area (Å²) in [5.74, 6) is -0.0542. The third kappa shape index (κ3) is 5.03. The molecule has 3 aromatic rings. The van der Waals surface area contributed by atoms with Crippen molar-refractivity contribution >= 4 is 37.6 Å². The maximum Gasteiger partial charge on any atom is 0.242 e. The number of nitrogens with zero attached hydrogens (tertiary/aromatic N) is 1. The highest BCUT2D eigenvalue weighted by atomic mass is 79.9. The van der Waals surface area contributed by atoms with Gasteiger partial charge in [-0.3, -0.25) is 0 Å². The van der Waals surface area contributed by atoms with Crippen molar-refractivity contribution < 1.29 is 23.0 Å². The van der Waals surface area contributed by atoms with Gasteiger partial charge >= 0.3 is 0 Å². The van der Waals surface area contributed by atoms with Crippen LogP contribution in [0.1, 0.15) is 0 Å². The van der Waals surface area contributed by atoms with E-state index in [1.54, 1.807) is 18.2 Å². The molecule has 0 saturated heterocycles. The van der Waals surface area contributed by atoms with Gasteiger partial charge in [0.1, 0.15) is 16.5 Å². The molecule has 3 rings (SSSR count). The number of rotatable bonds is 7. The summed E-state index contributed by atoms with van der Waals surface area (Å²) in [4.78, 5) is 7.06. The third-order valence-corrected chi connectivity index (χ3v) is 6.57. The van der Waals surface area contributed by atoms with Crippen molar-refractivity contribution in [2.24, 2.45) is 0 Å². The van der Waals surface area contributed by atoms with Crippen LogP contribution in [0, 0.1) is 5.82 Å². The molecule has 0 aliphatic carbocycles. The Hall–Kier alpha value is -1.82. The van der Waals surface area contributed by atoms with Crippen LogP contribution in [0.25, 0.3) is 22.6 Å². The SMILES string of the molecule is O=S(=O)(NC[C@H](O)CO)c1cc(-c2ncc(-c3ccc(Br)c(F)c3)[nH]2)ccc1Cl. The van der Waals surface area contributed by atoms with Gasteiger partial charge in [0.2, 0.25) is 10.0 Å². The van der Waals surface area contributed by atoms with Crippen LogP contribution in [-0.2, 0) is 10.0 Å². The maximum absolute atomic E-state index is 13.8. The molecule has 154 valence electrons. The minimum absolute atomic E-state index is 0.0125. The number of aliphatic hydroxyl groups excluding tert-OH is 2. The van der Waals surface area contributed by atoms with Crippen molar-refractivity contribution in [1.29, 1.82) is 0 Å². The number of hydrogen-bond donors (Lipinski definition) is 4. The molecule has 2 aromatic carbocycles. The Morgan fingerprint density at radius 2 is 1.97 bits per heavy atom. The molecule has 4 N–H and O–H groups in total. The van der Waals surface area contributed by atoms with Crippen molar-refractivity contribution in [2.45, 2.75) is 11.0 Å². The van der Waals surface area contributed by atoms with Crippen molar-refractivity contribution in [3.63, 3.8) is 0 Å². The van der Waals surface area contributed by atoms with Gasteiger partial charge < -0.3 is 15.2 Å². The number of halogens is 3. The van der Waals surface area contributed by atoms with Gasteiger partial charge in [-0.1, -0.05) is 17.7 Å². The summed E-state index contributed by atoms with van der Waals surface area (Å²) in [5, 5.41) is 18.2. The molecule has 0 unspecified atom stereocenters. The van der Waals surface area contributed by atoms with Crippen LogP contribution in [0.5, 0.6) is 0 Å². The van der Waals surface area contributed by atoms with Gasteiger partial charge in [0.25, 0.3) is 0 Å². The highest BCUT2D eigenvalue weighted by Gasteiger charge is 2.20. The average Bonchev–Trinajstić information content (AvgIpc) is 3.18. The molecular formula is C18H16BrClFN3O4S. The van der Waals surface area contributed by atoms with Crippen LogP contribution in [0.15, 0.2) is 52.0 Å². The molecule has 0 saturated carbocycles. The Labute approximate surface area is 179 Å². The maximum atomic E-state index is 13.8. The van der Waals surface area contributed by atoms with E-state index in [2.05, 4.69) is 30.6 Å². The molecule has 11 heteroatoms. The van der Waals surface area contributed by atoms with E-state index in [0.717, 1.165) is 0 Å². The van der Waals surface area contributed by atoms with Crippen LogP contribution in [0.3, 0.4) is 0 Å². The smallest absolute Gasteiger partial charge is 0.242 e. The van der Waals surface area contributed by atoms with Crippen LogP contribution in [0.4, 0.5) is 4.39 Å². The summed E-state index contributed by atoms with van der Waals surface area (Å²) >= 11 is 9.14. The molecule has 0 aliphatic heterocycles. The number of aromatic amines is 1. The first-order valence-corrected chi connectivity index (χ1v) is 11.0. The van der Waals surface area contributed by atoms with Gasteiger partial charge in [-0.15, -0.1) is 0 Å². The normalized spacial score (nSPS) is 12.9. The molecule has 1 heterocycles. The number of imidazole rings is 1. The lowest BCUT2D eigenvalue weighted by Crippen LogP contribution is -2.34. The highest BCUT2D eigenvalue weighted by molar-refractivity contribution is 9.10. The molecule has 0 radical (unpaired) electrons. The summed E-state index contributed by atoms with van der Waals surface area (Å²) in [6, 6.07) is 8.96. The first-order valence-electron chi connectivity index (χ1n) is 8.30. The summed E-state index contributed by atoms with van der Waals surface area (Å²) in [6.45, 7) is -0.943. The predicted octanol–water partition coefficient (Wildman–Crippen LogP) is 2.93. The fraction of sp³-hybridized carbons (Fsp3) is 0.167. The molecule has 0 fully saturated rings. The minimum Gasteiger partial charge on any atom is -0.394 e. The predicted molar refractivity (Wildman–Crippen MR) is 110 cm³/mol. The van der Waals surface area contributed by atoms with Gasteiger partial charge in [-0.05, 0) is 46.3 Å². The van der Waals surface area contributed by atoms with Crippen molar-refractivity contribution in [1.82, 2.24) is 14.7 Å². The molecule has 1 atom stereocenters. The van der Waals surface area contributed by atoms with Crippen LogP contribution in [-0.4, -0.2) is 47.9 Å². The van der Waals surface area contributed by atoms with Gasteiger partial charge in [0.05, 0.1) is 34.1 Å². The molecule has 0 aliphatic rings. The zero-order chi connectivity index (χ0) is 21.2. The number of benzene rings is 2. The van der Waals surface area contributed by atoms with E-state index >= 15 is 0 Å². The third-order valence-electron chi connectivity index (χ3n) is 4.02. The van der Waals surface area contributed by atoms with E-state index in [-0.39, 0.29) is 16.5 Å². The Morgan fingerprint density at radius 3 is 2.66 bits per heavy atom. The first-order chi connectivity index (χ1) is 13.7. The number of aliphatic hydroxyl groups is 2. The Bertz CT molecular complexity index is 1140. The molecule has 1 aromatic heterocycles. The summed E-state index contributed by atoms with van der Waals surface area (Å²) < 4.78 is 41.3. The van der Waals surface area contributed by atoms with Gasteiger partial charge in [0.15, 0.2) is 0 Å². The second-order valence-electron chi connectivity index (χ2n) is 6.11. The second kappa shape index (κ2) is 8.90. The van der Waals surface area contributed by atoms with Crippen LogP contribution < -0.4 is 4.72 Å². The monoisotopic (exact) mass is 503 g/mol. The average molecular weight is 505 g/mol. The molecule has 0 amide bonds. The lowest BCUT2D eigenvalue weighted by Gasteiger charge is -2.11. The molecule has 7 nitrogen and oxygen atoms in total. The molecule has 0 bridgehead atoms. The molecular weight excluding hydrogens is 489 g/mol. The first kappa shape index (κ1) is 21.9. The van der Waals surface area contributed by atoms with Crippen LogP contribution >= 0.6 is 27.5 Å². The van der Waals surface area contributed by atoms with Gasteiger partial charge in [0, 0.05) is 17.7 Å². The number of aromatic nitrogens is 2. The highest BCUT2D eigenvalue weighted by Crippen LogP contribution is 2.29. The standard InChI is InChI=1S/C18H16BrClFN3O4S/c19-13-3-1-10(5-15(13)21)16-8-22-18(24-16)11-2-4-14(20)17(6-11)29(27,28)23-7-12(26)9-25/h1-6,8,12,23,25-26H,7,9H2,(H,22,24)/t12-/m0/s1. The summed E-state index contributed by atoms with van der Waals surface area (Å²) in [7, 11) is -4.03. The lowest BCUT2D eigenvalue weighted by atomic mass is 10.2. The van der Waals surface area contributed by atoms with E-state index in [1.165, 1.54) is 24.4 Å². The topological polar surface area (TPSA) is 115 Å². The Kier molecular flexibility index (Phi) is 6.72. The van der Waals surface area contributed by atoms with E-state index in [0.29, 0.717) is 27.1 Å². The van der Waals surface area contributed by atoms with Gasteiger partial charge in [-0.2, -0.15) is 0 Å². The Morgan fingerprint density at radius 1 is 1.24 bits per heavy atom. The summed E-state index contributed by atoms with van der Waals surface area (Å²) in [6.07, 6.45) is 0.280. The van der Waals surface area contributed by atoms with Crippen molar-refractivity contribution in [2.75, 3.05) is 13.2 Å². The van der Waals surface area contributed by atoms with E-state index < -0.39 is 28.6 Å². The number of hydrogen-bond acceptors (Lipinski definition) is 5. The minimum atomic E-state index is -4.03. The summed E-state index contributed by atoms with van der Waals surface area (Å²) in [5.41, 5.74) is 1.57. The molecule has 29 heavy (non-hydrogen) atoms. The van der Waals surface area contributed by atoms with E-state index in [9.17, 15) is 17.9 Å². The zero-order valence-corrected chi connectivity index (χ0v) is 17.9. The quantitative estimate of drug-likeness (QED) is 0.395. The van der Waals surface area contributed by atoms with Gasteiger partial charge in [-0.25, -0.2) is 22.5 Å². The largest absolute Gasteiger partial charge is 0.394 e. The fourth-order valence-electron chi connectivity index (χ4n) is 2.48. The number of nitrogens with one attached hydrogen (secondary N) is 2. The van der Waals surface area contributed by atoms with E-state index in [4.69, 9.17) is 16.7 Å². The number of sulfonamides is 1. The zero-order valence-electron chi connectivity index (χ0n) is 14.7. The van der Waals surface area contributed by atoms with Crippen LogP contribution in [0.2, 0.25) is 5.02 Å². The fourth-order valence-corrected chi connectivity index (χ4v) is 4.33. The Balaban J connectivity index is 1.92. The number of H-pyrrole nitrogens is 1. The lowest BCUT2D eigenvalue weighted by molar-refractivity contribution is 0.0988. The van der Waals surface area contributed by atoms with Crippen molar-refractivity contribution in [3.8, 4) is 22.6 Å². The van der Waals surface area contributed by atoms with Crippen molar-refractivity contribution in [3.05, 3.63) is 57.9 Å². The molecule has 0 spiro atoms. The second-order valence-corrected chi connectivity index (χ2v) is 9.10.